The lowest BCUT2D eigenvalue weighted by Crippen LogP contribution is -1.99. The fourth-order valence-electron chi connectivity index (χ4n) is 2.01. The molecule has 0 radical (unpaired) electrons. The van der Waals surface area contributed by atoms with E-state index < -0.39 is 17.9 Å². The Kier molecular flexibility index (Phi) is 21.6. The van der Waals surface area contributed by atoms with Gasteiger partial charge in [-0.3, -0.25) is 14.4 Å². The van der Waals surface area contributed by atoms with E-state index in [1.165, 1.54) is 56.7 Å². The molecular weight excluding hydrogens is 344 g/mol. The van der Waals surface area contributed by atoms with Crippen LogP contribution in [0.15, 0.2) is 0 Å². The summed E-state index contributed by atoms with van der Waals surface area (Å²) < 4.78 is 0. The van der Waals surface area contributed by atoms with Crippen LogP contribution in [0.5, 0.6) is 0 Å². The third kappa shape index (κ3) is 31.1. The highest BCUT2D eigenvalue weighted by atomic mass is 32.2. The van der Waals surface area contributed by atoms with Gasteiger partial charge in [-0.15, -0.1) is 0 Å². The third-order valence-corrected chi connectivity index (χ3v) is 4.40. The summed E-state index contributed by atoms with van der Waals surface area (Å²) in [4.78, 5) is 30.1. The number of carboxylic acids is 3. The van der Waals surface area contributed by atoms with Crippen LogP contribution in [0.2, 0.25) is 0 Å². The summed E-state index contributed by atoms with van der Waals surface area (Å²) in [6, 6.07) is 0. The minimum atomic E-state index is -0.840. The number of carbonyl (C=O) groups is 3. The van der Waals surface area contributed by atoms with Crippen molar-refractivity contribution < 1.29 is 29.7 Å². The lowest BCUT2D eigenvalue weighted by Gasteiger charge is -2.00. The summed E-state index contributed by atoms with van der Waals surface area (Å²) in [6.45, 7) is 2.23. The van der Waals surface area contributed by atoms with E-state index in [1.54, 1.807) is 0 Å². The van der Waals surface area contributed by atoms with Gasteiger partial charge in [-0.25, -0.2) is 0 Å². The summed E-state index contributed by atoms with van der Waals surface area (Å²) >= 11 is 1.35. The summed E-state index contributed by atoms with van der Waals surface area (Å²) in [5.74, 6) is -1.36. The molecule has 0 aliphatic carbocycles. The first kappa shape index (κ1) is 26.0. The summed E-state index contributed by atoms with van der Waals surface area (Å²) in [6.07, 6.45) is 11.7. The summed E-state index contributed by atoms with van der Waals surface area (Å²) in [5.41, 5.74) is 0. The zero-order valence-corrected chi connectivity index (χ0v) is 16.2. The van der Waals surface area contributed by atoms with Gasteiger partial charge in [0.2, 0.25) is 0 Å². The van der Waals surface area contributed by atoms with E-state index in [-0.39, 0.29) is 12.8 Å². The fraction of sp³-hybridized carbons (Fsp3) is 0.833. The molecule has 0 heterocycles. The first-order valence-electron chi connectivity index (χ1n) is 9.13. The van der Waals surface area contributed by atoms with Crippen molar-refractivity contribution >= 4 is 29.7 Å². The van der Waals surface area contributed by atoms with E-state index in [4.69, 9.17) is 15.3 Å². The Hall–Kier alpha value is -1.24. The highest BCUT2D eigenvalue weighted by Gasteiger charge is 1.99. The Morgan fingerprint density at radius 1 is 0.600 bits per heavy atom. The smallest absolute Gasteiger partial charge is 0.304 e. The van der Waals surface area contributed by atoms with Crippen molar-refractivity contribution in [1.82, 2.24) is 0 Å². The lowest BCUT2D eigenvalue weighted by molar-refractivity contribution is -0.138. The molecule has 148 valence electrons. The van der Waals surface area contributed by atoms with Gasteiger partial charge in [0.25, 0.3) is 0 Å². The van der Waals surface area contributed by atoms with Crippen LogP contribution in [-0.4, -0.2) is 44.7 Å². The molecule has 0 saturated carbocycles. The molecule has 0 aliphatic rings. The summed E-state index contributed by atoms with van der Waals surface area (Å²) in [5, 5.41) is 24.8. The molecule has 0 fully saturated rings. The van der Waals surface area contributed by atoms with Gasteiger partial charge in [-0.1, -0.05) is 58.3 Å². The molecule has 0 atom stereocenters. The van der Waals surface area contributed by atoms with Crippen molar-refractivity contribution in [3.63, 3.8) is 0 Å². The Morgan fingerprint density at radius 2 is 0.960 bits per heavy atom. The molecule has 0 bridgehead atoms. The number of unbranched alkanes of at least 4 members (excludes halogenated alkanes) is 8. The normalized spacial score (nSPS) is 9.96. The summed E-state index contributed by atoms with van der Waals surface area (Å²) in [7, 11) is 0. The highest BCUT2D eigenvalue weighted by Crippen LogP contribution is 2.10. The number of thioether (sulfide) groups is 1. The largest absolute Gasteiger partial charge is 0.481 e. The lowest BCUT2D eigenvalue weighted by atomic mass is 10.1. The van der Waals surface area contributed by atoms with Crippen LogP contribution in [-0.2, 0) is 14.4 Å². The van der Waals surface area contributed by atoms with Crippen LogP contribution in [0.1, 0.15) is 84.0 Å². The SMILES string of the molecule is CCCCCCCCCCCC(=O)O.O=C(O)CCSCCC(=O)O. The third-order valence-electron chi connectivity index (χ3n) is 3.41. The van der Waals surface area contributed by atoms with E-state index in [2.05, 4.69) is 6.92 Å². The van der Waals surface area contributed by atoms with Crippen LogP contribution in [0.25, 0.3) is 0 Å². The first-order chi connectivity index (χ1) is 11.9. The minimum Gasteiger partial charge on any atom is -0.481 e. The molecule has 6 nitrogen and oxygen atoms in total. The first-order valence-corrected chi connectivity index (χ1v) is 10.3. The van der Waals surface area contributed by atoms with Gasteiger partial charge in [-0.05, 0) is 6.42 Å². The molecule has 25 heavy (non-hydrogen) atoms. The predicted molar refractivity (Wildman–Crippen MR) is 101 cm³/mol. The van der Waals surface area contributed by atoms with Gasteiger partial charge in [0.05, 0.1) is 12.8 Å². The van der Waals surface area contributed by atoms with Crippen molar-refractivity contribution in [2.45, 2.75) is 84.0 Å². The van der Waals surface area contributed by atoms with Crippen molar-refractivity contribution in [3.8, 4) is 0 Å². The van der Waals surface area contributed by atoms with Crippen LogP contribution >= 0.6 is 11.8 Å². The maximum absolute atomic E-state index is 10.2. The number of hydrogen-bond acceptors (Lipinski definition) is 4. The second kappa shape index (κ2) is 20.8. The van der Waals surface area contributed by atoms with Gasteiger partial charge in [-0.2, -0.15) is 11.8 Å². The topological polar surface area (TPSA) is 112 Å². The number of rotatable bonds is 16. The van der Waals surface area contributed by atoms with E-state index in [9.17, 15) is 14.4 Å². The molecule has 0 aromatic rings. The quantitative estimate of drug-likeness (QED) is 0.335. The number of carboxylic acid groups (broad SMARTS) is 3. The Labute approximate surface area is 155 Å². The van der Waals surface area contributed by atoms with Crippen LogP contribution < -0.4 is 0 Å². The Bertz CT molecular complexity index is 330. The Balaban J connectivity index is 0. The van der Waals surface area contributed by atoms with Crippen molar-refractivity contribution in [2.24, 2.45) is 0 Å². The predicted octanol–water partition coefficient (Wildman–Crippen LogP) is 4.66. The van der Waals surface area contributed by atoms with Gasteiger partial charge >= 0.3 is 17.9 Å². The van der Waals surface area contributed by atoms with E-state index in [0.717, 1.165) is 12.8 Å². The zero-order chi connectivity index (χ0) is 19.3. The van der Waals surface area contributed by atoms with Crippen LogP contribution in [0, 0.1) is 0 Å². The van der Waals surface area contributed by atoms with Gasteiger partial charge in [0.1, 0.15) is 0 Å². The van der Waals surface area contributed by atoms with Gasteiger partial charge in [0.15, 0.2) is 0 Å². The second-order valence-corrected chi connectivity index (χ2v) is 7.10. The van der Waals surface area contributed by atoms with Crippen molar-refractivity contribution in [3.05, 3.63) is 0 Å². The average molecular weight is 379 g/mol. The molecule has 0 rings (SSSR count). The fourth-order valence-corrected chi connectivity index (χ4v) is 2.85. The van der Waals surface area contributed by atoms with Crippen molar-refractivity contribution in [1.29, 1.82) is 0 Å². The van der Waals surface area contributed by atoms with Crippen LogP contribution in [0.4, 0.5) is 0 Å². The van der Waals surface area contributed by atoms with Gasteiger partial charge in [0, 0.05) is 17.9 Å². The molecule has 0 amide bonds. The van der Waals surface area contributed by atoms with Gasteiger partial charge < -0.3 is 15.3 Å². The minimum absolute atomic E-state index is 0.101. The maximum atomic E-state index is 10.2. The zero-order valence-electron chi connectivity index (χ0n) is 15.4. The molecule has 0 unspecified atom stereocenters. The molecular formula is C18H34O6S. The molecule has 0 aromatic heterocycles. The van der Waals surface area contributed by atoms with Crippen molar-refractivity contribution in [2.75, 3.05) is 11.5 Å². The second-order valence-electron chi connectivity index (χ2n) is 5.87. The molecule has 7 heteroatoms. The molecule has 0 spiro atoms. The van der Waals surface area contributed by atoms with E-state index >= 15 is 0 Å². The molecule has 0 aromatic carbocycles. The standard InChI is InChI=1S/C12H24O2.C6H10O4S/c1-2-3-4-5-6-7-8-9-10-11-12(13)14;7-5(8)1-3-11-4-2-6(9)10/h2-11H2,1H3,(H,13,14);1-4H2,(H,7,8)(H,9,10). The maximum Gasteiger partial charge on any atom is 0.304 e. The van der Waals surface area contributed by atoms with E-state index in [0.29, 0.717) is 17.9 Å². The monoisotopic (exact) mass is 378 g/mol. The van der Waals surface area contributed by atoms with E-state index in [1.807, 2.05) is 0 Å². The average Bonchev–Trinajstić information content (AvgIpc) is 2.53. The Morgan fingerprint density at radius 3 is 1.32 bits per heavy atom. The number of aliphatic carboxylic acids is 3. The van der Waals surface area contributed by atoms with Crippen LogP contribution in [0.3, 0.4) is 0 Å². The molecule has 3 N–H and O–H groups in total. The molecule has 0 aliphatic heterocycles. The molecule has 0 saturated heterocycles. The highest BCUT2D eigenvalue weighted by molar-refractivity contribution is 7.99. The number of hydrogen-bond donors (Lipinski definition) is 3.